The fourth-order valence-corrected chi connectivity index (χ4v) is 4.42. The van der Waals surface area contributed by atoms with Crippen LogP contribution in [0.15, 0.2) is 54.1 Å². The standard InChI is InChI=1S/C29H28F3N7O2/c1-5-18(12-33-2)21-13-34-25(23-24(19-10-11-19)35-16-36-28(23)40-4)38-27(21)41-15-17-6-8-20(9-7-17)26-37-22(14-39(26)3)29(30,31)32/h5-9,12-14,16,19H,10-11,15H2,1-4H3/b18-5+,33-12?. The van der Waals surface area contributed by atoms with Crippen LogP contribution in [0.3, 0.4) is 0 Å². The second-order valence-electron chi connectivity index (χ2n) is 9.51. The van der Waals surface area contributed by atoms with Crippen molar-refractivity contribution in [2.24, 2.45) is 12.0 Å². The first-order valence-electron chi connectivity index (χ1n) is 12.9. The van der Waals surface area contributed by atoms with Crippen LogP contribution in [0.1, 0.15) is 48.2 Å². The Morgan fingerprint density at radius 3 is 2.46 bits per heavy atom. The number of rotatable bonds is 9. The highest BCUT2D eigenvalue weighted by Crippen LogP contribution is 2.45. The maximum atomic E-state index is 13.1. The highest BCUT2D eigenvalue weighted by Gasteiger charge is 2.34. The number of methoxy groups -OCH3 is 1. The number of allylic oxidation sites excluding steroid dienone is 2. The number of aromatic nitrogens is 6. The van der Waals surface area contributed by atoms with Gasteiger partial charge in [0.25, 0.3) is 0 Å². The summed E-state index contributed by atoms with van der Waals surface area (Å²) in [6.45, 7) is 2.03. The van der Waals surface area contributed by atoms with Crippen molar-refractivity contribution in [1.82, 2.24) is 29.5 Å². The molecular formula is C29H28F3N7O2. The molecule has 1 aliphatic rings. The number of imidazole rings is 1. The maximum absolute atomic E-state index is 13.1. The molecule has 41 heavy (non-hydrogen) atoms. The Labute approximate surface area is 234 Å². The summed E-state index contributed by atoms with van der Waals surface area (Å²) in [7, 11) is 4.75. The number of hydrogen-bond donors (Lipinski definition) is 0. The van der Waals surface area contributed by atoms with E-state index in [1.54, 1.807) is 50.8 Å². The van der Waals surface area contributed by atoms with Crippen molar-refractivity contribution in [3.05, 3.63) is 71.6 Å². The third-order valence-corrected chi connectivity index (χ3v) is 6.62. The van der Waals surface area contributed by atoms with Crippen molar-refractivity contribution in [3.63, 3.8) is 0 Å². The van der Waals surface area contributed by atoms with Crippen molar-refractivity contribution in [2.75, 3.05) is 14.2 Å². The van der Waals surface area contributed by atoms with Gasteiger partial charge in [0.1, 0.15) is 24.3 Å². The molecule has 0 bridgehead atoms. The Morgan fingerprint density at radius 2 is 1.85 bits per heavy atom. The van der Waals surface area contributed by atoms with Gasteiger partial charge in [-0.25, -0.2) is 19.9 Å². The molecule has 0 aliphatic heterocycles. The van der Waals surface area contributed by atoms with Gasteiger partial charge < -0.3 is 14.0 Å². The summed E-state index contributed by atoms with van der Waals surface area (Å²) in [5, 5.41) is 0. The topological polar surface area (TPSA) is 100 Å². The molecule has 3 aromatic heterocycles. The molecule has 0 amide bonds. The zero-order valence-corrected chi connectivity index (χ0v) is 23.0. The molecule has 0 N–H and O–H groups in total. The normalized spacial score (nSPS) is 14.1. The summed E-state index contributed by atoms with van der Waals surface area (Å²) in [5.41, 5.74) is 3.31. The predicted molar refractivity (Wildman–Crippen MR) is 148 cm³/mol. The third-order valence-electron chi connectivity index (χ3n) is 6.62. The molecule has 4 aromatic rings. The van der Waals surface area contributed by atoms with Crippen molar-refractivity contribution >= 4 is 11.8 Å². The summed E-state index contributed by atoms with van der Waals surface area (Å²) >= 11 is 0. The minimum Gasteiger partial charge on any atom is -0.480 e. The van der Waals surface area contributed by atoms with E-state index in [0.717, 1.165) is 35.9 Å². The van der Waals surface area contributed by atoms with Crippen molar-refractivity contribution < 1.29 is 22.6 Å². The minimum atomic E-state index is -4.51. The number of hydrogen-bond acceptors (Lipinski definition) is 8. The Bertz CT molecular complexity index is 1610. The molecular weight excluding hydrogens is 535 g/mol. The van der Waals surface area contributed by atoms with Gasteiger partial charge in [-0.05, 0) is 25.3 Å². The van der Waals surface area contributed by atoms with E-state index < -0.39 is 11.9 Å². The van der Waals surface area contributed by atoms with Gasteiger partial charge in [-0.3, -0.25) is 4.99 Å². The molecule has 1 aromatic carbocycles. The molecule has 212 valence electrons. The molecule has 0 spiro atoms. The molecule has 0 saturated heterocycles. The summed E-state index contributed by atoms with van der Waals surface area (Å²) in [6, 6.07) is 6.98. The van der Waals surface area contributed by atoms with E-state index >= 15 is 0 Å². The van der Waals surface area contributed by atoms with Gasteiger partial charge in [-0.1, -0.05) is 30.3 Å². The summed E-state index contributed by atoms with van der Waals surface area (Å²) in [4.78, 5) is 26.1. The minimum absolute atomic E-state index is 0.149. The first kappa shape index (κ1) is 27.9. The highest BCUT2D eigenvalue weighted by molar-refractivity contribution is 6.10. The molecule has 9 nitrogen and oxygen atoms in total. The van der Waals surface area contributed by atoms with Crippen LogP contribution in [0.25, 0.3) is 28.3 Å². The SMILES string of the molecule is C/C=C(\C=NC)c1cnc(-c2c(OC)ncnc2C2CC2)nc1OCc1ccc(-c2nc(C(F)(F)F)cn2C)cc1. The van der Waals surface area contributed by atoms with Gasteiger partial charge in [0.15, 0.2) is 11.5 Å². The number of benzene rings is 1. The van der Waals surface area contributed by atoms with Gasteiger partial charge in [0.2, 0.25) is 11.8 Å². The molecule has 1 aliphatic carbocycles. The van der Waals surface area contributed by atoms with E-state index in [9.17, 15) is 13.2 Å². The summed E-state index contributed by atoms with van der Waals surface area (Å²) < 4.78 is 52.4. The summed E-state index contributed by atoms with van der Waals surface area (Å²) in [5.74, 6) is 1.63. The molecule has 1 saturated carbocycles. The van der Waals surface area contributed by atoms with E-state index in [2.05, 4.69) is 24.9 Å². The van der Waals surface area contributed by atoms with Crippen molar-refractivity contribution in [3.8, 4) is 34.5 Å². The Kier molecular flexibility index (Phi) is 7.82. The van der Waals surface area contributed by atoms with Crippen LogP contribution < -0.4 is 9.47 Å². The summed E-state index contributed by atoms with van der Waals surface area (Å²) in [6.07, 6.45) is 5.26. The van der Waals surface area contributed by atoms with E-state index in [1.165, 1.54) is 17.9 Å². The fourth-order valence-electron chi connectivity index (χ4n) is 4.42. The van der Waals surface area contributed by atoms with Crippen LogP contribution >= 0.6 is 0 Å². The van der Waals surface area contributed by atoms with Gasteiger partial charge >= 0.3 is 6.18 Å². The number of aryl methyl sites for hydroxylation is 1. The molecule has 3 heterocycles. The lowest BCUT2D eigenvalue weighted by atomic mass is 10.1. The first-order chi connectivity index (χ1) is 19.7. The van der Waals surface area contributed by atoms with Crippen LogP contribution in [0.4, 0.5) is 13.2 Å². The lowest BCUT2D eigenvalue weighted by Gasteiger charge is -2.15. The molecule has 0 unspecified atom stereocenters. The van der Waals surface area contributed by atoms with Crippen molar-refractivity contribution in [2.45, 2.75) is 38.5 Å². The van der Waals surface area contributed by atoms with Gasteiger partial charge in [0, 0.05) is 49.8 Å². The number of nitrogens with zero attached hydrogens (tertiary/aromatic N) is 7. The molecule has 12 heteroatoms. The molecule has 1 fully saturated rings. The monoisotopic (exact) mass is 563 g/mol. The van der Waals surface area contributed by atoms with Gasteiger partial charge in [-0.2, -0.15) is 18.2 Å². The van der Waals surface area contributed by atoms with E-state index in [0.29, 0.717) is 40.2 Å². The van der Waals surface area contributed by atoms with Crippen LogP contribution in [0, 0.1) is 0 Å². The van der Waals surface area contributed by atoms with Gasteiger partial charge in [-0.15, -0.1) is 0 Å². The zero-order valence-electron chi connectivity index (χ0n) is 23.0. The molecule has 0 atom stereocenters. The smallest absolute Gasteiger partial charge is 0.434 e. The second-order valence-corrected chi connectivity index (χ2v) is 9.51. The molecule has 5 rings (SSSR count). The number of alkyl halides is 3. The Hall–Kier alpha value is -4.61. The lowest BCUT2D eigenvalue weighted by molar-refractivity contribution is -0.140. The Morgan fingerprint density at radius 1 is 1.10 bits per heavy atom. The van der Waals surface area contributed by atoms with Gasteiger partial charge in [0.05, 0.1) is 18.4 Å². The average molecular weight is 564 g/mol. The van der Waals surface area contributed by atoms with Crippen LogP contribution in [0.2, 0.25) is 0 Å². The van der Waals surface area contributed by atoms with E-state index in [4.69, 9.17) is 14.5 Å². The first-order valence-corrected chi connectivity index (χ1v) is 12.9. The quantitative estimate of drug-likeness (QED) is 0.233. The predicted octanol–water partition coefficient (Wildman–Crippen LogP) is 5.92. The highest BCUT2D eigenvalue weighted by atomic mass is 19.4. The van der Waals surface area contributed by atoms with Crippen LogP contribution in [-0.2, 0) is 19.8 Å². The van der Waals surface area contributed by atoms with E-state index in [1.807, 2.05) is 13.0 Å². The van der Waals surface area contributed by atoms with E-state index in [-0.39, 0.29) is 12.4 Å². The largest absolute Gasteiger partial charge is 0.480 e. The Balaban J connectivity index is 1.46. The average Bonchev–Trinajstić information content (AvgIpc) is 3.74. The van der Waals surface area contributed by atoms with Crippen LogP contribution in [0.5, 0.6) is 11.8 Å². The fraction of sp³-hybridized carbons (Fsp3) is 0.310. The number of halogens is 3. The van der Waals surface area contributed by atoms with Crippen LogP contribution in [-0.4, -0.2) is 49.9 Å². The lowest BCUT2D eigenvalue weighted by Crippen LogP contribution is -2.06. The third kappa shape index (κ3) is 5.96. The number of aliphatic imine (C=N–C) groups is 1. The maximum Gasteiger partial charge on any atom is 0.434 e. The molecule has 0 radical (unpaired) electrons. The second kappa shape index (κ2) is 11.5. The number of ether oxygens (including phenoxy) is 2. The zero-order chi connectivity index (χ0) is 29.1. The van der Waals surface area contributed by atoms with Crippen molar-refractivity contribution in [1.29, 1.82) is 0 Å².